The minimum Gasteiger partial charge on any atom is -0.382 e. The van der Waals surface area contributed by atoms with E-state index in [1.807, 2.05) is 0 Å². The van der Waals surface area contributed by atoms with Crippen LogP contribution in [-0.4, -0.2) is 38.5 Å². The van der Waals surface area contributed by atoms with Crippen molar-refractivity contribution in [3.63, 3.8) is 0 Å². The molecule has 1 aliphatic rings. The molecule has 0 heterocycles. The van der Waals surface area contributed by atoms with Crippen LogP contribution in [0.25, 0.3) is 0 Å². The van der Waals surface area contributed by atoms with Crippen LogP contribution in [0.2, 0.25) is 0 Å². The molecule has 0 aromatic heterocycles. The van der Waals surface area contributed by atoms with Gasteiger partial charge in [-0.3, -0.25) is 0 Å². The van der Waals surface area contributed by atoms with Crippen LogP contribution < -0.4 is 5.32 Å². The van der Waals surface area contributed by atoms with Gasteiger partial charge in [0, 0.05) is 13.7 Å². The number of hydrogen-bond acceptors (Lipinski definition) is 3. The molecule has 3 nitrogen and oxygen atoms in total. The number of ether oxygens (including phenoxy) is 2. The van der Waals surface area contributed by atoms with E-state index in [1.54, 1.807) is 7.11 Å². The van der Waals surface area contributed by atoms with E-state index in [2.05, 4.69) is 26.1 Å². The molecule has 1 fully saturated rings. The second-order valence-corrected chi connectivity index (χ2v) is 5.93. The summed E-state index contributed by atoms with van der Waals surface area (Å²) in [7, 11) is 1.74. The molecule has 1 unspecified atom stereocenters. The summed E-state index contributed by atoms with van der Waals surface area (Å²) in [6, 6.07) is 0. The number of methoxy groups -OCH3 is 1. The molecule has 0 amide bonds. The summed E-state index contributed by atoms with van der Waals surface area (Å²) >= 11 is 0. The maximum absolute atomic E-state index is 6.33. The first-order chi connectivity index (χ1) is 8.62. The fourth-order valence-corrected chi connectivity index (χ4v) is 2.81. The van der Waals surface area contributed by atoms with Crippen LogP contribution in [0.3, 0.4) is 0 Å². The molecule has 1 N–H and O–H groups in total. The van der Waals surface area contributed by atoms with E-state index >= 15 is 0 Å². The van der Waals surface area contributed by atoms with Crippen molar-refractivity contribution in [2.24, 2.45) is 5.92 Å². The minimum atomic E-state index is 0.0413. The number of nitrogens with one attached hydrogen (secondary N) is 1. The van der Waals surface area contributed by atoms with Gasteiger partial charge in [-0.2, -0.15) is 0 Å². The van der Waals surface area contributed by atoms with E-state index in [9.17, 15) is 0 Å². The second-order valence-electron chi connectivity index (χ2n) is 5.93. The van der Waals surface area contributed by atoms with Gasteiger partial charge in [0.15, 0.2) is 0 Å². The lowest BCUT2D eigenvalue weighted by molar-refractivity contribution is -0.127. The van der Waals surface area contributed by atoms with Gasteiger partial charge in [0.2, 0.25) is 0 Å². The summed E-state index contributed by atoms with van der Waals surface area (Å²) in [5.41, 5.74) is 0.0413. The smallest absolute Gasteiger partial charge is 0.0811 e. The largest absolute Gasteiger partial charge is 0.382 e. The molecular formula is C15H31NO2. The van der Waals surface area contributed by atoms with Crippen molar-refractivity contribution in [3.8, 4) is 0 Å². The maximum atomic E-state index is 6.33. The fraction of sp³-hybridized carbons (Fsp3) is 1.00. The number of hydrogen-bond donors (Lipinski definition) is 1. The van der Waals surface area contributed by atoms with Crippen molar-refractivity contribution in [1.82, 2.24) is 5.32 Å². The molecule has 0 bridgehead atoms. The summed E-state index contributed by atoms with van der Waals surface area (Å²) in [5, 5.41) is 3.54. The lowest BCUT2D eigenvalue weighted by Gasteiger charge is -2.41. The lowest BCUT2D eigenvalue weighted by atomic mass is 9.79. The molecule has 18 heavy (non-hydrogen) atoms. The molecule has 1 rings (SSSR count). The molecule has 0 radical (unpaired) electrons. The molecule has 1 atom stereocenters. The van der Waals surface area contributed by atoms with E-state index in [-0.39, 0.29) is 11.7 Å². The molecular weight excluding hydrogens is 226 g/mol. The molecule has 0 aromatic carbocycles. The van der Waals surface area contributed by atoms with Gasteiger partial charge in [-0.15, -0.1) is 0 Å². The number of rotatable bonds is 8. The summed E-state index contributed by atoms with van der Waals surface area (Å²) < 4.78 is 11.5. The van der Waals surface area contributed by atoms with Gasteiger partial charge >= 0.3 is 0 Å². The Labute approximate surface area is 113 Å². The Balaban J connectivity index is 2.50. The molecule has 1 aliphatic carbocycles. The minimum absolute atomic E-state index is 0.0413. The topological polar surface area (TPSA) is 30.5 Å². The van der Waals surface area contributed by atoms with E-state index in [0.717, 1.165) is 19.0 Å². The third-order valence-electron chi connectivity index (χ3n) is 3.91. The van der Waals surface area contributed by atoms with Gasteiger partial charge in [-0.25, -0.2) is 0 Å². The zero-order valence-electron chi connectivity index (χ0n) is 12.6. The molecule has 0 aliphatic heterocycles. The molecule has 3 heteroatoms. The Kier molecular flexibility index (Phi) is 7.20. The van der Waals surface area contributed by atoms with E-state index in [0.29, 0.717) is 6.61 Å². The monoisotopic (exact) mass is 257 g/mol. The first-order valence-electron chi connectivity index (χ1n) is 7.49. The molecule has 0 saturated heterocycles. The normalized spacial score (nSPS) is 30.3. The van der Waals surface area contributed by atoms with Gasteiger partial charge in [-0.1, -0.05) is 13.8 Å². The molecule has 1 saturated carbocycles. The van der Waals surface area contributed by atoms with Crippen molar-refractivity contribution in [2.75, 3.05) is 26.8 Å². The highest BCUT2D eigenvalue weighted by Crippen LogP contribution is 2.35. The standard InChI is InChI=1S/C15H31NO2/c1-5-10-16-12-15(18-14(3)11-17-4)8-6-13(2)7-9-15/h13-14,16H,5-12H2,1-4H3. The van der Waals surface area contributed by atoms with E-state index in [4.69, 9.17) is 9.47 Å². The average Bonchev–Trinajstić information content (AvgIpc) is 2.34. The Bertz CT molecular complexity index is 213. The first-order valence-corrected chi connectivity index (χ1v) is 7.49. The Morgan fingerprint density at radius 2 is 2.00 bits per heavy atom. The summed E-state index contributed by atoms with van der Waals surface area (Å²) in [5.74, 6) is 0.852. The third-order valence-corrected chi connectivity index (χ3v) is 3.91. The molecule has 0 spiro atoms. The van der Waals surface area contributed by atoms with E-state index < -0.39 is 0 Å². The van der Waals surface area contributed by atoms with Crippen molar-refractivity contribution >= 4 is 0 Å². The van der Waals surface area contributed by atoms with Gasteiger partial charge in [0.1, 0.15) is 0 Å². The van der Waals surface area contributed by atoms with Crippen molar-refractivity contribution in [2.45, 2.75) is 64.6 Å². The van der Waals surface area contributed by atoms with Crippen LogP contribution in [0, 0.1) is 5.92 Å². The predicted molar refractivity (Wildman–Crippen MR) is 75.9 cm³/mol. The van der Waals surface area contributed by atoms with Gasteiger partial charge in [0.25, 0.3) is 0 Å². The van der Waals surface area contributed by atoms with Gasteiger partial charge < -0.3 is 14.8 Å². The highest BCUT2D eigenvalue weighted by atomic mass is 16.5. The Morgan fingerprint density at radius 3 is 2.56 bits per heavy atom. The average molecular weight is 257 g/mol. The first kappa shape index (κ1) is 15.9. The summed E-state index contributed by atoms with van der Waals surface area (Å²) in [6.07, 6.45) is 6.30. The zero-order valence-corrected chi connectivity index (χ0v) is 12.6. The SMILES string of the molecule is CCCNCC1(OC(C)COC)CCC(C)CC1. The second kappa shape index (κ2) is 8.13. The molecule has 0 aromatic rings. The van der Waals surface area contributed by atoms with Crippen molar-refractivity contribution in [1.29, 1.82) is 0 Å². The third kappa shape index (κ3) is 5.25. The van der Waals surface area contributed by atoms with Gasteiger partial charge in [0.05, 0.1) is 18.3 Å². The van der Waals surface area contributed by atoms with Crippen LogP contribution in [0.4, 0.5) is 0 Å². The van der Waals surface area contributed by atoms with Crippen LogP contribution in [0.1, 0.15) is 52.9 Å². The van der Waals surface area contributed by atoms with Crippen molar-refractivity contribution in [3.05, 3.63) is 0 Å². The summed E-state index contributed by atoms with van der Waals surface area (Å²) in [4.78, 5) is 0. The van der Waals surface area contributed by atoms with Crippen LogP contribution in [0.15, 0.2) is 0 Å². The maximum Gasteiger partial charge on any atom is 0.0811 e. The highest BCUT2D eigenvalue weighted by Gasteiger charge is 2.36. The quantitative estimate of drug-likeness (QED) is 0.678. The Hall–Kier alpha value is -0.120. The fourth-order valence-electron chi connectivity index (χ4n) is 2.81. The van der Waals surface area contributed by atoms with Crippen LogP contribution in [0.5, 0.6) is 0 Å². The van der Waals surface area contributed by atoms with E-state index in [1.165, 1.54) is 32.1 Å². The zero-order chi connectivity index (χ0) is 13.4. The van der Waals surface area contributed by atoms with Crippen LogP contribution in [-0.2, 0) is 9.47 Å². The van der Waals surface area contributed by atoms with Gasteiger partial charge in [-0.05, 0) is 51.5 Å². The predicted octanol–water partition coefficient (Wildman–Crippen LogP) is 2.99. The van der Waals surface area contributed by atoms with Crippen LogP contribution >= 0.6 is 0 Å². The molecule has 108 valence electrons. The Morgan fingerprint density at radius 1 is 1.33 bits per heavy atom. The highest BCUT2D eigenvalue weighted by molar-refractivity contribution is 4.89. The van der Waals surface area contributed by atoms with Crippen molar-refractivity contribution < 1.29 is 9.47 Å². The summed E-state index contributed by atoms with van der Waals surface area (Å²) in [6.45, 7) is 9.42. The lowest BCUT2D eigenvalue weighted by Crippen LogP contribution is -2.48.